The molecule has 0 bridgehead atoms. The average Bonchev–Trinajstić information content (AvgIpc) is 3.19. The number of hydrogen-bond acceptors (Lipinski definition) is 3. The normalized spacial score (nSPS) is 16.8. The predicted molar refractivity (Wildman–Crippen MR) is 121 cm³/mol. The molecule has 1 saturated heterocycles. The summed E-state index contributed by atoms with van der Waals surface area (Å²) in [4.78, 5) is 17.9. The van der Waals surface area contributed by atoms with Gasteiger partial charge in [-0.3, -0.25) is 4.79 Å². The Balaban J connectivity index is 1.77. The molecule has 5 nitrogen and oxygen atoms in total. The molecule has 1 fully saturated rings. The van der Waals surface area contributed by atoms with E-state index in [0.29, 0.717) is 11.6 Å². The van der Waals surface area contributed by atoms with Crippen LogP contribution in [0, 0.1) is 13.8 Å². The number of piperidine rings is 1. The number of amides is 1. The van der Waals surface area contributed by atoms with Crippen molar-refractivity contribution in [2.24, 2.45) is 0 Å². The van der Waals surface area contributed by atoms with Crippen molar-refractivity contribution in [2.75, 3.05) is 27.2 Å². The van der Waals surface area contributed by atoms with E-state index in [-0.39, 0.29) is 5.91 Å². The predicted octanol–water partition coefficient (Wildman–Crippen LogP) is 4.32. The van der Waals surface area contributed by atoms with Crippen LogP contribution in [0.3, 0.4) is 0 Å². The van der Waals surface area contributed by atoms with Crippen molar-refractivity contribution in [1.82, 2.24) is 19.6 Å². The number of hydrogen-bond donors (Lipinski definition) is 0. The Labute approximate surface area is 178 Å². The molecule has 2 heterocycles. The highest BCUT2D eigenvalue weighted by Crippen LogP contribution is 2.29. The first kappa shape index (κ1) is 20.4. The van der Waals surface area contributed by atoms with Crippen molar-refractivity contribution in [1.29, 1.82) is 0 Å². The van der Waals surface area contributed by atoms with Crippen LogP contribution in [0.4, 0.5) is 0 Å². The molecule has 0 spiro atoms. The van der Waals surface area contributed by atoms with Crippen molar-refractivity contribution in [3.05, 3.63) is 71.4 Å². The molecule has 1 aromatic heterocycles. The number of nitrogens with zero attached hydrogens (tertiary/aromatic N) is 4. The first-order chi connectivity index (χ1) is 14.4. The van der Waals surface area contributed by atoms with Gasteiger partial charge in [0.25, 0.3) is 5.91 Å². The van der Waals surface area contributed by atoms with E-state index in [1.165, 1.54) is 5.56 Å². The summed E-state index contributed by atoms with van der Waals surface area (Å²) in [6.45, 7) is 5.72. The van der Waals surface area contributed by atoms with Gasteiger partial charge in [0.2, 0.25) is 0 Å². The topological polar surface area (TPSA) is 41.4 Å². The highest BCUT2D eigenvalue weighted by molar-refractivity contribution is 6.00. The molecule has 30 heavy (non-hydrogen) atoms. The highest BCUT2D eigenvalue weighted by Gasteiger charge is 2.29. The van der Waals surface area contributed by atoms with Gasteiger partial charge in [-0.05, 0) is 58.5 Å². The standard InChI is InChI=1S/C25H30N4O/c1-18-12-13-22(19(2)15-18)24-23(17-29(26-24)20-9-6-5-7-10-20)25(30)28-14-8-11-21(16-28)27(3)4/h5-7,9-10,12-13,15,17,21H,8,11,14,16H2,1-4H3. The van der Waals surface area contributed by atoms with Gasteiger partial charge in [0, 0.05) is 30.9 Å². The SMILES string of the molecule is Cc1ccc(-c2nn(-c3ccccc3)cc2C(=O)N2CCCC(N(C)C)C2)c(C)c1. The minimum absolute atomic E-state index is 0.0682. The Morgan fingerprint density at radius 1 is 1.10 bits per heavy atom. The zero-order chi connectivity index (χ0) is 21.3. The van der Waals surface area contributed by atoms with Crippen LogP contribution in [-0.4, -0.2) is 58.7 Å². The number of aryl methyl sites for hydroxylation is 2. The van der Waals surface area contributed by atoms with Gasteiger partial charge < -0.3 is 9.80 Å². The van der Waals surface area contributed by atoms with Crippen molar-refractivity contribution in [3.63, 3.8) is 0 Å². The lowest BCUT2D eigenvalue weighted by atomic mass is 9.99. The Hall–Kier alpha value is -2.92. The molecule has 1 atom stereocenters. The summed E-state index contributed by atoms with van der Waals surface area (Å²) in [6, 6.07) is 16.7. The Kier molecular flexibility index (Phi) is 5.73. The maximum absolute atomic E-state index is 13.6. The molecule has 1 amide bonds. The van der Waals surface area contributed by atoms with E-state index in [4.69, 9.17) is 5.10 Å². The van der Waals surface area contributed by atoms with Crippen LogP contribution in [0.2, 0.25) is 0 Å². The van der Waals surface area contributed by atoms with E-state index in [1.807, 2.05) is 46.1 Å². The molecule has 0 radical (unpaired) electrons. The summed E-state index contributed by atoms with van der Waals surface area (Å²) >= 11 is 0. The molecular formula is C25H30N4O. The smallest absolute Gasteiger partial charge is 0.257 e. The fraction of sp³-hybridized carbons (Fsp3) is 0.360. The van der Waals surface area contributed by atoms with Gasteiger partial charge in [0.15, 0.2) is 0 Å². The minimum atomic E-state index is 0.0682. The van der Waals surface area contributed by atoms with E-state index < -0.39 is 0 Å². The third-order valence-corrected chi connectivity index (χ3v) is 6.02. The van der Waals surface area contributed by atoms with Crippen molar-refractivity contribution in [2.45, 2.75) is 32.7 Å². The summed E-state index contributed by atoms with van der Waals surface area (Å²) in [5.41, 5.74) is 5.73. The number of carbonyl (C=O) groups excluding carboxylic acids is 1. The van der Waals surface area contributed by atoms with Crippen LogP contribution in [-0.2, 0) is 0 Å². The first-order valence-electron chi connectivity index (χ1n) is 10.6. The number of likely N-dealkylation sites (N-methyl/N-ethyl adjacent to an activating group) is 1. The van der Waals surface area contributed by atoms with E-state index in [9.17, 15) is 4.79 Å². The quantitative estimate of drug-likeness (QED) is 0.653. The van der Waals surface area contributed by atoms with Gasteiger partial charge in [-0.2, -0.15) is 5.10 Å². The van der Waals surface area contributed by atoms with E-state index >= 15 is 0 Å². The number of benzene rings is 2. The van der Waals surface area contributed by atoms with Crippen LogP contribution in [0.15, 0.2) is 54.7 Å². The molecule has 4 rings (SSSR count). The van der Waals surface area contributed by atoms with Gasteiger partial charge in [0.05, 0.1) is 11.3 Å². The van der Waals surface area contributed by atoms with Gasteiger partial charge >= 0.3 is 0 Å². The number of likely N-dealkylation sites (tertiary alicyclic amines) is 1. The molecule has 1 aliphatic rings. The molecule has 0 N–H and O–H groups in total. The van der Waals surface area contributed by atoms with Crippen molar-refractivity contribution in [3.8, 4) is 16.9 Å². The number of rotatable bonds is 4. The third kappa shape index (κ3) is 4.03. The molecular weight excluding hydrogens is 372 g/mol. The van der Waals surface area contributed by atoms with E-state index in [2.05, 4.69) is 51.0 Å². The van der Waals surface area contributed by atoms with Crippen molar-refractivity contribution >= 4 is 5.91 Å². The molecule has 1 aliphatic heterocycles. The lowest BCUT2D eigenvalue weighted by Crippen LogP contribution is -2.47. The second-order valence-electron chi connectivity index (χ2n) is 8.50. The zero-order valence-corrected chi connectivity index (χ0v) is 18.3. The number of carbonyl (C=O) groups is 1. The van der Waals surface area contributed by atoms with Crippen LogP contribution >= 0.6 is 0 Å². The second kappa shape index (κ2) is 8.44. The molecule has 0 saturated carbocycles. The van der Waals surface area contributed by atoms with Crippen LogP contribution in [0.1, 0.15) is 34.3 Å². The Morgan fingerprint density at radius 3 is 2.57 bits per heavy atom. The van der Waals surface area contributed by atoms with Crippen LogP contribution in [0.25, 0.3) is 16.9 Å². The van der Waals surface area contributed by atoms with Gasteiger partial charge in [-0.15, -0.1) is 0 Å². The van der Waals surface area contributed by atoms with E-state index in [0.717, 1.165) is 48.4 Å². The number of aromatic nitrogens is 2. The zero-order valence-electron chi connectivity index (χ0n) is 18.3. The maximum atomic E-state index is 13.6. The summed E-state index contributed by atoms with van der Waals surface area (Å²) in [5.74, 6) is 0.0682. The second-order valence-corrected chi connectivity index (χ2v) is 8.50. The fourth-order valence-electron chi connectivity index (χ4n) is 4.25. The van der Waals surface area contributed by atoms with Gasteiger partial charge in [-0.25, -0.2) is 4.68 Å². The third-order valence-electron chi connectivity index (χ3n) is 6.02. The van der Waals surface area contributed by atoms with Gasteiger partial charge in [-0.1, -0.05) is 42.0 Å². The molecule has 5 heteroatoms. The molecule has 3 aromatic rings. The lowest BCUT2D eigenvalue weighted by molar-refractivity contribution is 0.0636. The molecule has 0 aliphatic carbocycles. The summed E-state index contributed by atoms with van der Waals surface area (Å²) in [5, 5.41) is 4.87. The molecule has 156 valence electrons. The first-order valence-corrected chi connectivity index (χ1v) is 10.6. The Morgan fingerprint density at radius 2 is 1.87 bits per heavy atom. The largest absolute Gasteiger partial charge is 0.337 e. The molecule has 1 unspecified atom stereocenters. The van der Waals surface area contributed by atoms with Gasteiger partial charge in [0.1, 0.15) is 5.69 Å². The van der Waals surface area contributed by atoms with Crippen molar-refractivity contribution < 1.29 is 4.79 Å². The summed E-state index contributed by atoms with van der Waals surface area (Å²) in [7, 11) is 4.18. The van der Waals surface area contributed by atoms with Crippen LogP contribution < -0.4 is 0 Å². The summed E-state index contributed by atoms with van der Waals surface area (Å²) in [6.07, 6.45) is 4.05. The monoisotopic (exact) mass is 402 g/mol. The Bertz CT molecular complexity index is 1040. The van der Waals surface area contributed by atoms with E-state index in [1.54, 1.807) is 0 Å². The van der Waals surface area contributed by atoms with Crippen LogP contribution in [0.5, 0.6) is 0 Å². The lowest BCUT2D eigenvalue weighted by Gasteiger charge is -2.36. The maximum Gasteiger partial charge on any atom is 0.257 e. The summed E-state index contributed by atoms with van der Waals surface area (Å²) < 4.78 is 1.83. The highest BCUT2D eigenvalue weighted by atomic mass is 16.2. The fourth-order valence-corrected chi connectivity index (χ4v) is 4.25. The molecule has 2 aromatic carbocycles. The minimum Gasteiger partial charge on any atom is -0.337 e. The average molecular weight is 403 g/mol. The number of para-hydroxylation sites is 1.